The second-order valence-corrected chi connectivity index (χ2v) is 6.30. The highest BCUT2D eigenvalue weighted by atomic mass is 79.9. The van der Waals surface area contributed by atoms with Crippen LogP contribution in [0.2, 0.25) is 0 Å². The first-order chi connectivity index (χ1) is 8.97. The maximum absolute atomic E-state index is 12.9. The van der Waals surface area contributed by atoms with Crippen molar-refractivity contribution in [3.8, 4) is 5.75 Å². The molecule has 0 fully saturated rings. The number of alkyl halides is 6. The number of nitrogens with zero attached hydrogens (tertiary/aromatic N) is 1. The minimum atomic E-state index is -5.28. The van der Waals surface area contributed by atoms with E-state index in [9.17, 15) is 30.4 Å². The van der Waals surface area contributed by atoms with E-state index < -0.39 is 43.7 Å². The summed E-state index contributed by atoms with van der Waals surface area (Å²) < 4.78 is 88.0. The van der Waals surface area contributed by atoms with E-state index in [0.717, 1.165) is 0 Å². The highest BCUT2D eigenvalue weighted by Crippen LogP contribution is 2.39. The number of hydrogen-bond donors (Lipinski definition) is 0. The molecule has 0 aromatic carbocycles. The summed E-state index contributed by atoms with van der Waals surface area (Å²) in [6, 6.07) is 0. The minimum Gasteiger partial charge on any atom is -0.404 e. The Kier molecular flexibility index (Phi) is 5.19. The second-order valence-electron chi connectivity index (χ2n) is 3.23. The Labute approximate surface area is 122 Å². The maximum Gasteiger partial charge on any atom is 0.573 e. The summed E-state index contributed by atoms with van der Waals surface area (Å²) in [5, 5.41) is -0.305. The van der Waals surface area contributed by atoms with Crippen molar-refractivity contribution in [1.29, 1.82) is 0 Å². The van der Waals surface area contributed by atoms with E-state index in [-0.39, 0.29) is 5.33 Å². The van der Waals surface area contributed by atoms with Gasteiger partial charge in [-0.15, -0.1) is 13.2 Å². The molecule has 0 spiro atoms. The Morgan fingerprint density at radius 1 is 1.40 bits per heavy atom. The van der Waals surface area contributed by atoms with E-state index in [1.165, 1.54) is 0 Å². The van der Waals surface area contributed by atoms with Gasteiger partial charge in [0.2, 0.25) is 0 Å². The predicted octanol–water partition coefficient (Wildman–Crippen LogP) is 3.74. The smallest absolute Gasteiger partial charge is 0.404 e. The highest BCUT2D eigenvalue weighted by molar-refractivity contribution is 9.08. The number of hydrogen-bond acceptors (Lipinski definition) is 4. The highest BCUT2D eigenvalue weighted by Gasteiger charge is 2.37. The molecule has 12 heteroatoms. The lowest BCUT2D eigenvalue weighted by Crippen LogP contribution is -2.20. The molecule has 0 aliphatic rings. The third-order valence-corrected chi connectivity index (χ3v) is 3.86. The lowest BCUT2D eigenvalue weighted by atomic mass is 10.2. The SMILES string of the molecule is O=S(=O)(Cl)c1c(CBr)ncc(OC(F)(F)F)c1C(F)F. The Balaban J connectivity index is 3.66. The Hall–Kier alpha value is -0.680. The molecule has 0 N–H and O–H groups in total. The zero-order valence-electron chi connectivity index (χ0n) is 9.09. The normalized spacial score (nSPS) is 12.8. The van der Waals surface area contributed by atoms with Crippen LogP contribution < -0.4 is 4.74 Å². The maximum atomic E-state index is 12.9. The average molecular weight is 405 g/mol. The molecule has 0 unspecified atom stereocenters. The van der Waals surface area contributed by atoms with Crippen LogP contribution in [0.25, 0.3) is 0 Å². The quantitative estimate of drug-likeness (QED) is 0.436. The van der Waals surface area contributed by atoms with Crippen molar-refractivity contribution in [1.82, 2.24) is 4.98 Å². The van der Waals surface area contributed by atoms with E-state index in [4.69, 9.17) is 10.7 Å². The summed E-state index contributed by atoms with van der Waals surface area (Å²) in [6.07, 6.45) is -8.48. The zero-order valence-corrected chi connectivity index (χ0v) is 12.2. The second kappa shape index (κ2) is 5.98. The molecular formula is C8H4BrClF5NO3S. The topological polar surface area (TPSA) is 56.3 Å². The van der Waals surface area contributed by atoms with E-state index >= 15 is 0 Å². The summed E-state index contributed by atoms with van der Waals surface area (Å²) in [5.41, 5.74) is -1.94. The predicted molar refractivity (Wildman–Crippen MR) is 61.5 cm³/mol. The van der Waals surface area contributed by atoms with Crippen LogP contribution in [0.4, 0.5) is 22.0 Å². The summed E-state index contributed by atoms with van der Waals surface area (Å²) in [4.78, 5) is 2.12. The van der Waals surface area contributed by atoms with Crippen LogP contribution in [0.15, 0.2) is 11.1 Å². The first-order valence-electron chi connectivity index (χ1n) is 4.53. The first-order valence-corrected chi connectivity index (χ1v) is 7.96. The average Bonchev–Trinajstić information content (AvgIpc) is 2.24. The van der Waals surface area contributed by atoms with Gasteiger partial charge in [0, 0.05) is 16.0 Å². The summed E-state index contributed by atoms with van der Waals surface area (Å²) >= 11 is 2.78. The van der Waals surface area contributed by atoms with Gasteiger partial charge in [-0.25, -0.2) is 17.2 Å². The van der Waals surface area contributed by atoms with Gasteiger partial charge in [0.1, 0.15) is 4.90 Å². The van der Waals surface area contributed by atoms with E-state index in [2.05, 4.69) is 25.7 Å². The summed E-state index contributed by atoms with van der Waals surface area (Å²) in [7, 11) is 0.229. The number of rotatable bonds is 4. The molecule has 1 rings (SSSR count). The number of aromatic nitrogens is 1. The Morgan fingerprint density at radius 3 is 2.30 bits per heavy atom. The fraction of sp³-hybridized carbons (Fsp3) is 0.375. The lowest BCUT2D eigenvalue weighted by molar-refractivity contribution is -0.275. The van der Waals surface area contributed by atoms with Gasteiger partial charge in [-0.05, 0) is 0 Å². The molecule has 0 aliphatic heterocycles. The van der Waals surface area contributed by atoms with Crippen molar-refractivity contribution in [2.75, 3.05) is 0 Å². The fourth-order valence-electron chi connectivity index (χ4n) is 1.31. The van der Waals surface area contributed by atoms with Crippen molar-refractivity contribution in [2.45, 2.75) is 23.0 Å². The molecule has 20 heavy (non-hydrogen) atoms. The van der Waals surface area contributed by atoms with Gasteiger partial charge in [-0.2, -0.15) is 0 Å². The Bertz CT molecular complexity index is 607. The molecule has 4 nitrogen and oxygen atoms in total. The van der Waals surface area contributed by atoms with Gasteiger partial charge in [0.25, 0.3) is 15.5 Å². The molecular weight excluding hydrogens is 401 g/mol. The molecule has 1 heterocycles. The number of pyridine rings is 1. The van der Waals surface area contributed by atoms with Crippen LogP contribution >= 0.6 is 26.6 Å². The van der Waals surface area contributed by atoms with Crippen molar-refractivity contribution >= 4 is 35.7 Å². The molecule has 0 bridgehead atoms. The molecule has 0 atom stereocenters. The standard InChI is InChI=1S/C8H4BrClF5NO3S/c9-1-3-6(20(10,17)18)5(7(11)12)4(2-16-3)19-8(13,14)15/h2,7H,1H2. The molecule has 114 valence electrons. The summed E-state index contributed by atoms with van der Waals surface area (Å²) in [5.74, 6) is -1.42. The van der Waals surface area contributed by atoms with Crippen LogP contribution in [-0.4, -0.2) is 19.8 Å². The van der Waals surface area contributed by atoms with Crippen LogP contribution in [0, 0.1) is 0 Å². The van der Waals surface area contributed by atoms with Crippen molar-refractivity contribution in [3.05, 3.63) is 17.5 Å². The number of halogens is 7. The van der Waals surface area contributed by atoms with Crippen molar-refractivity contribution in [3.63, 3.8) is 0 Å². The molecule has 1 aromatic heterocycles. The molecule has 0 amide bonds. The van der Waals surface area contributed by atoms with Crippen LogP contribution in [0.1, 0.15) is 17.7 Å². The summed E-state index contributed by atoms with van der Waals surface area (Å²) in [6.45, 7) is 0. The van der Waals surface area contributed by atoms with Gasteiger partial charge in [-0.1, -0.05) is 15.9 Å². The molecule has 0 saturated carbocycles. The first kappa shape index (κ1) is 17.4. The third kappa shape index (κ3) is 4.16. The fourth-order valence-corrected chi connectivity index (χ4v) is 3.30. The van der Waals surface area contributed by atoms with E-state index in [0.29, 0.717) is 6.20 Å². The number of ether oxygens (including phenoxy) is 1. The minimum absolute atomic E-state index is 0.305. The van der Waals surface area contributed by atoms with Crippen LogP contribution in [0.3, 0.4) is 0 Å². The van der Waals surface area contributed by atoms with E-state index in [1.54, 1.807) is 0 Å². The third-order valence-electron chi connectivity index (χ3n) is 1.92. The van der Waals surface area contributed by atoms with Crippen molar-refractivity contribution < 1.29 is 35.1 Å². The van der Waals surface area contributed by atoms with Gasteiger partial charge in [0.05, 0.1) is 17.5 Å². The monoisotopic (exact) mass is 403 g/mol. The Morgan fingerprint density at radius 2 is 1.95 bits per heavy atom. The largest absolute Gasteiger partial charge is 0.573 e. The van der Waals surface area contributed by atoms with Gasteiger partial charge >= 0.3 is 6.36 Å². The van der Waals surface area contributed by atoms with Gasteiger partial charge < -0.3 is 4.74 Å². The van der Waals surface area contributed by atoms with Crippen molar-refractivity contribution in [2.24, 2.45) is 0 Å². The lowest BCUT2D eigenvalue weighted by Gasteiger charge is -2.16. The van der Waals surface area contributed by atoms with Crippen LogP contribution in [0.5, 0.6) is 5.75 Å². The molecule has 1 aromatic rings. The zero-order chi connectivity index (χ0) is 15.7. The van der Waals surface area contributed by atoms with E-state index in [1.807, 2.05) is 0 Å². The van der Waals surface area contributed by atoms with Crippen LogP contribution in [-0.2, 0) is 14.4 Å². The molecule has 0 aliphatic carbocycles. The van der Waals surface area contributed by atoms with Gasteiger partial charge in [-0.3, -0.25) is 4.98 Å². The van der Waals surface area contributed by atoms with Gasteiger partial charge in [0.15, 0.2) is 5.75 Å². The molecule has 0 radical (unpaired) electrons. The molecule has 0 saturated heterocycles.